The Morgan fingerprint density at radius 3 is 2.65 bits per heavy atom. The van der Waals surface area contributed by atoms with Crippen molar-refractivity contribution in [2.45, 2.75) is 13.8 Å². The summed E-state index contributed by atoms with van der Waals surface area (Å²) in [4.78, 5) is 12.2. The van der Waals surface area contributed by atoms with E-state index in [0.29, 0.717) is 16.8 Å². The fourth-order valence-electron chi connectivity index (χ4n) is 1.94. The molecule has 2 rings (SSSR count). The van der Waals surface area contributed by atoms with E-state index in [-0.39, 0.29) is 11.7 Å². The van der Waals surface area contributed by atoms with Crippen molar-refractivity contribution in [3.8, 4) is 5.75 Å². The summed E-state index contributed by atoms with van der Waals surface area (Å²) < 4.78 is 20.3. The molecule has 6 heteroatoms. The van der Waals surface area contributed by atoms with Crippen LogP contribution in [0.15, 0.2) is 18.3 Å². The minimum atomic E-state index is -0.509. The molecule has 1 heterocycles. The first-order valence-electron chi connectivity index (χ1n) is 6.08. The maximum Gasteiger partial charge on any atom is 0.259 e. The van der Waals surface area contributed by atoms with Gasteiger partial charge in [-0.15, -0.1) is 0 Å². The van der Waals surface area contributed by atoms with Gasteiger partial charge < -0.3 is 10.1 Å². The average Bonchev–Trinajstić information content (AvgIpc) is 2.69. The Kier molecular flexibility index (Phi) is 3.74. The monoisotopic (exact) mass is 277 g/mol. The summed E-state index contributed by atoms with van der Waals surface area (Å²) in [6.45, 7) is 3.53. The van der Waals surface area contributed by atoms with Gasteiger partial charge in [0.1, 0.15) is 0 Å². The normalized spacial score (nSPS) is 10.4. The molecule has 0 spiro atoms. The molecule has 0 unspecified atom stereocenters. The molecular formula is C14H16FN3O2. The van der Waals surface area contributed by atoms with Gasteiger partial charge in [-0.05, 0) is 31.5 Å². The highest BCUT2D eigenvalue weighted by Gasteiger charge is 2.17. The number of anilines is 1. The number of hydrogen-bond acceptors (Lipinski definition) is 3. The van der Waals surface area contributed by atoms with Crippen LogP contribution in [-0.2, 0) is 7.05 Å². The van der Waals surface area contributed by atoms with Crippen molar-refractivity contribution in [2.24, 2.45) is 7.05 Å². The molecule has 1 aromatic carbocycles. The van der Waals surface area contributed by atoms with Crippen LogP contribution in [0.4, 0.5) is 10.1 Å². The number of nitrogens with zero attached hydrogens (tertiary/aromatic N) is 2. The second-order valence-electron chi connectivity index (χ2n) is 4.55. The van der Waals surface area contributed by atoms with Crippen LogP contribution in [0.1, 0.15) is 21.6 Å². The van der Waals surface area contributed by atoms with Gasteiger partial charge >= 0.3 is 0 Å². The van der Waals surface area contributed by atoms with Crippen molar-refractivity contribution in [2.75, 3.05) is 12.4 Å². The van der Waals surface area contributed by atoms with Gasteiger partial charge in [-0.1, -0.05) is 0 Å². The molecular weight excluding hydrogens is 261 g/mol. The van der Waals surface area contributed by atoms with E-state index in [4.69, 9.17) is 4.74 Å². The quantitative estimate of drug-likeness (QED) is 0.937. The van der Waals surface area contributed by atoms with Crippen molar-refractivity contribution >= 4 is 11.6 Å². The predicted octanol–water partition coefficient (Wildman–Crippen LogP) is 2.44. The number of rotatable bonds is 3. The number of benzene rings is 1. The molecule has 1 N–H and O–H groups in total. The second kappa shape index (κ2) is 5.32. The summed E-state index contributed by atoms with van der Waals surface area (Å²) in [5.74, 6) is -0.838. The zero-order chi connectivity index (χ0) is 14.9. The largest absolute Gasteiger partial charge is 0.492 e. The Morgan fingerprint density at radius 2 is 2.10 bits per heavy atom. The van der Waals surface area contributed by atoms with Crippen molar-refractivity contribution in [1.29, 1.82) is 0 Å². The van der Waals surface area contributed by atoms with Gasteiger partial charge in [-0.2, -0.15) is 5.10 Å². The molecule has 106 valence electrons. The predicted molar refractivity (Wildman–Crippen MR) is 73.6 cm³/mol. The third-order valence-corrected chi connectivity index (χ3v) is 3.12. The van der Waals surface area contributed by atoms with Crippen LogP contribution < -0.4 is 10.1 Å². The number of carbonyl (C=O) groups is 1. The Morgan fingerprint density at radius 1 is 1.40 bits per heavy atom. The van der Waals surface area contributed by atoms with E-state index >= 15 is 0 Å². The molecule has 0 bridgehead atoms. The van der Waals surface area contributed by atoms with E-state index in [9.17, 15) is 9.18 Å². The molecule has 0 fully saturated rings. The summed E-state index contributed by atoms with van der Waals surface area (Å²) in [6, 6.07) is 3.01. The number of amides is 1. The van der Waals surface area contributed by atoms with Crippen LogP contribution in [0.25, 0.3) is 0 Å². The van der Waals surface area contributed by atoms with Gasteiger partial charge in [0.15, 0.2) is 11.6 Å². The second-order valence-corrected chi connectivity index (χ2v) is 4.55. The first kappa shape index (κ1) is 14.0. The number of carbonyl (C=O) groups excluding carboxylic acids is 1. The van der Waals surface area contributed by atoms with Crippen molar-refractivity contribution < 1.29 is 13.9 Å². The topological polar surface area (TPSA) is 56.1 Å². The lowest BCUT2D eigenvalue weighted by atomic mass is 10.1. The Bertz CT molecular complexity index is 665. The zero-order valence-electron chi connectivity index (χ0n) is 11.8. The Balaban J connectivity index is 2.35. The zero-order valence-corrected chi connectivity index (χ0v) is 11.8. The van der Waals surface area contributed by atoms with E-state index in [1.54, 1.807) is 31.6 Å². The van der Waals surface area contributed by atoms with Crippen LogP contribution in [0.3, 0.4) is 0 Å². The van der Waals surface area contributed by atoms with Crippen LogP contribution in [-0.4, -0.2) is 22.8 Å². The standard InChI is InChI=1S/C14H16FN3O2/c1-8-5-11(15)13(20-4)12(6-8)17-14(19)10-7-16-18(3)9(10)2/h5-7H,1-4H3,(H,17,19). The van der Waals surface area contributed by atoms with E-state index in [2.05, 4.69) is 10.4 Å². The molecule has 0 radical (unpaired) electrons. The highest BCUT2D eigenvalue weighted by atomic mass is 19.1. The lowest BCUT2D eigenvalue weighted by Gasteiger charge is -2.12. The lowest BCUT2D eigenvalue weighted by molar-refractivity contribution is 0.102. The molecule has 0 saturated carbocycles. The minimum absolute atomic E-state index is 0.0190. The average molecular weight is 277 g/mol. The highest BCUT2D eigenvalue weighted by molar-refractivity contribution is 6.05. The number of aromatic nitrogens is 2. The number of aryl methyl sites for hydroxylation is 2. The third kappa shape index (κ3) is 2.49. The smallest absolute Gasteiger partial charge is 0.259 e. The van der Waals surface area contributed by atoms with E-state index in [0.717, 1.165) is 5.69 Å². The molecule has 1 aromatic heterocycles. The number of hydrogen-bond donors (Lipinski definition) is 1. The van der Waals surface area contributed by atoms with Crippen molar-refractivity contribution in [3.63, 3.8) is 0 Å². The first-order valence-corrected chi connectivity index (χ1v) is 6.08. The SMILES string of the molecule is COc1c(F)cc(C)cc1NC(=O)c1cnn(C)c1C. The van der Waals surface area contributed by atoms with Crippen molar-refractivity contribution in [3.05, 3.63) is 41.0 Å². The lowest BCUT2D eigenvalue weighted by Crippen LogP contribution is -2.14. The Hall–Kier alpha value is -2.37. The molecule has 0 aliphatic carbocycles. The molecule has 20 heavy (non-hydrogen) atoms. The maximum absolute atomic E-state index is 13.8. The molecule has 2 aromatic rings. The van der Waals surface area contributed by atoms with Crippen molar-refractivity contribution in [1.82, 2.24) is 9.78 Å². The van der Waals surface area contributed by atoms with Crippen LogP contribution in [0.5, 0.6) is 5.75 Å². The maximum atomic E-state index is 13.8. The van der Waals surface area contributed by atoms with Gasteiger partial charge in [0.2, 0.25) is 0 Å². The van der Waals surface area contributed by atoms with Crippen LogP contribution in [0.2, 0.25) is 0 Å². The van der Waals surface area contributed by atoms with Gasteiger partial charge in [0.25, 0.3) is 5.91 Å². The summed E-state index contributed by atoms with van der Waals surface area (Å²) in [6.07, 6.45) is 1.48. The molecule has 0 atom stereocenters. The summed E-state index contributed by atoms with van der Waals surface area (Å²) in [7, 11) is 3.11. The number of nitrogens with one attached hydrogen (secondary N) is 1. The molecule has 1 amide bonds. The number of ether oxygens (including phenoxy) is 1. The fraction of sp³-hybridized carbons (Fsp3) is 0.286. The molecule has 0 aliphatic heterocycles. The van der Waals surface area contributed by atoms with Gasteiger partial charge in [-0.3, -0.25) is 9.48 Å². The molecule has 0 saturated heterocycles. The van der Waals surface area contributed by atoms with E-state index in [1.165, 1.54) is 19.4 Å². The third-order valence-electron chi connectivity index (χ3n) is 3.12. The summed E-state index contributed by atoms with van der Waals surface area (Å²) in [5, 5.41) is 6.66. The fourth-order valence-corrected chi connectivity index (χ4v) is 1.94. The first-order chi connectivity index (χ1) is 9.43. The van der Waals surface area contributed by atoms with E-state index in [1.807, 2.05) is 0 Å². The summed E-state index contributed by atoms with van der Waals surface area (Å²) in [5.41, 5.74) is 2.17. The number of methoxy groups -OCH3 is 1. The molecule has 0 aliphatic rings. The van der Waals surface area contributed by atoms with Gasteiger partial charge in [0.05, 0.1) is 24.6 Å². The van der Waals surface area contributed by atoms with Gasteiger partial charge in [-0.25, -0.2) is 4.39 Å². The minimum Gasteiger partial charge on any atom is -0.492 e. The Labute approximate surface area is 116 Å². The van der Waals surface area contributed by atoms with E-state index < -0.39 is 5.82 Å². The van der Waals surface area contributed by atoms with Crippen LogP contribution in [0, 0.1) is 19.7 Å². The molecule has 5 nitrogen and oxygen atoms in total. The highest BCUT2D eigenvalue weighted by Crippen LogP contribution is 2.29. The number of halogens is 1. The summed E-state index contributed by atoms with van der Waals surface area (Å²) >= 11 is 0. The van der Waals surface area contributed by atoms with Gasteiger partial charge in [0, 0.05) is 12.7 Å². The van der Waals surface area contributed by atoms with Crippen LogP contribution >= 0.6 is 0 Å².